The first-order valence-electron chi connectivity index (χ1n) is 10.8. The van der Waals surface area contributed by atoms with E-state index >= 15 is 0 Å². The van der Waals surface area contributed by atoms with Gasteiger partial charge in [0.1, 0.15) is 5.82 Å². The summed E-state index contributed by atoms with van der Waals surface area (Å²) in [5.41, 5.74) is 0.657. The second-order valence-electron chi connectivity index (χ2n) is 8.53. The molecule has 32 heavy (non-hydrogen) atoms. The molecule has 2 aliphatic heterocycles. The Balaban J connectivity index is 1.39. The zero-order valence-electron chi connectivity index (χ0n) is 17.9. The summed E-state index contributed by atoms with van der Waals surface area (Å²) in [6.07, 6.45) is 0.994. The summed E-state index contributed by atoms with van der Waals surface area (Å²) in [4.78, 5) is 29.5. The Morgan fingerprint density at radius 1 is 1.06 bits per heavy atom. The van der Waals surface area contributed by atoms with Crippen LogP contribution in [0.25, 0.3) is 0 Å². The molecule has 5 nitrogen and oxygen atoms in total. The van der Waals surface area contributed by atoms with Gasteiger partial charge in [0.05, 0.1) is 6.04 Å². The molecular formula is C24H26F3N3O2. The number of likely N-dealkylation sites (N-methyl/N-ethyl adjacent to an activating group) is 1. The lowest BCUT2D eigenvalue weighted by Crippen LogP contribution is -2.43. The fraction of sp³-hybridized carbons (Fsp3) is 0.417. The predicted molar refractivity (Wildman–Crippen MR) is 113 cm³/mol. The van der Waals surface area contributed by atoms with Crippen molar-refractivity contribution in [3.8, 4) is 0 Å². The fourth-order valence-corrected chi connectivity index (χ4v) is 4.79. The summed E-state index contributed by atoms with van der Waals surface area (Å²) in [6, 6.07) is 10.00. The molecule has 1 N–H and O–H groups in total. The summed E-state index contributed by atoms with van der Waals surface area (Å²) in [5, 5.41) is 2.98. The van der Waals surface area contributed by atoms with E-state index in [1.165, 1.54) is 0 Å². The molecule has 2 aliphatic rings. The minimum atomic E-state index is -1.23. The van der Waals surface area contributed by atoms with Crippen LogP contribution in [0.4, 0.5) is 13.2 Å². The maximum absolute atomic E-state index is 14.0. The number of nitrogens with one attached hydrogen (secondary N) is 1. The first-order chi connectivity index (χ1) is 15.4. The topological polar surface area (TPSA) is 52.7 Å². The summed E-state index contributed by atoms with van der Waals surface area (Å²) >= 11 is 0. The Bertz CT molecular complexity index is 1000. The van der Waals surface area contributed by atoms with E-state index in [4.69, 9.17) is 0 Å². The number of fused-ring (bicyclic) bond motifs is 1. The molecular weight excluding hydrogens is 419 g/mol. The highest BCUT2D eigenvalue weighted by Crippen LogP contribution is 2.33. The molecule has 0 spiro atoms. The lowest BCUT2D eigenvalue weighted by atomic mass is 10.0. The van der Waals surface area contributed by atoms with Crippen LogP contribution in [0, 0.1) is 23.4 Å². The highest BCUT2D eigenvalue weighted by Gasteiger charge is 2.44. The average Bonchev–Trinajstić information content (AvgIpc) is 3.38. The van der Waals surface area contributed by atoms with Gasteiger partial charge in [0, 0.05) is 49.6 Å². The van der Waals surface area contributed by atoms with Crippen molar-refractivity contribution in [3.63, 3.8) is 0 Å². The fourth-order valence-electron chi connectivity index (χ4n) is 4.79. The van der Waals surface area contributed by atoms with Gasteiger partial charge < -0.3 is 15.1 Å². The largest absolute Gasteiger partial charge is 0.338 e. The number of benzene rings is 2. The van der Waals surface area contributed by atoms with Crippen LogP contribution >= 0.6 is 0 Å². The zero-order valence-corrected chi connectivity index (χ0v) is 17.9. The number of amides is 2. The monoisotopic (exact) mass is 445 g/mol. The van der Waals surface area contributed by atoms with Crippen LogP contribution in [0.2, 0.25) is 0 Å². The van der Waals surface area contributed by atoms with Crippen molar-refractivity contribution in [2.24, 2.45) is 5.92 Å². The highest BCUT2D eigenvalue weighted by molar-refractivity contribution is 5.94. The zero-order chi connectivity index (χ0) is 22.8. The maximum Gasteiger partial charge on any atom is 0.253 e. The first-order valence-corrected chi connectivity index (χ1v) is 10.8. The van der Waals surface area contributed by atoms with Crippen molar-refractivity contribution in [3.05, 3.63) is 71.0 Å². The number of hydrogen-bond donors (Lipinski definition) is 1. The normalized spacial score (nSPS) is 21.0. The maximum atomic E-state index is 14.0. The molecule has 4 rings (SSSR count). The van der Waals surface area contributed by atoms with E-state index in [9.17, 15) is 22.8 Å². The molecule has 2 aromatic carbocycles. The third-order valence-electron chi connectivity index (χ3n) is 6.56. The van der Waals surface area contributed by atoms with E-state index in [0.29, 0.717) is 31.3 Å². The van der Waals surface area contributed by atoms with Gasteiger partial charge in [-0.1, -0.05) is 18.2 Å². The Morgan fingerprint density at radius 2 is 1.78 bits per heavy atom. The van der Waals surface area contributed by atoms with Crippen LogP contribution in [-0.4, -0.2) is 60.4 Å². The van der Waals surface area contributed by atoms with Crippen molar-refractivity contribution in [2.45, 2.75) is 31.3 Å². The number of hydrogen-bond acceptors (Lipinski definition) is 3. The molecule has 2 amide bonds. The van der Waals surface area contributed by atoms with E-state index in [1.54, 1.807) is 24.1 Å². The van der Waals surface area contributed by atoms with Crippen molar-refractivity contribution in [1.82, 2.24) is 15.1 Å². The lowest BCUT2D eigenvalue weighted by molar-refractivity contribution is -0.132. The molecule has 0 aromatic heterocycles. The van der Waals surface area contributed by atoms with Crippen LogP contribution in [0.3, 0.4) is 0 Å². The smallest absolute Gasteiger partial charge is 0.253 e. The molecule has 0 radical (unpaired) electrons. The Hall–Kier alpha value is -2.87. The second kappa shape index (κ2) is 9.32. The summed E-state index contributed by atoms with van der Waals surface area (Å²) in [6.45, 7) is 1.74. The van der Waals surface area contributed by atoms with Crippen molar-refractivity contribution >= 4 is 11.8 Å². The van der Waals surface area contributed by atoms with Crippen molar-refractivity contribution in [1.29, 1.82) is 0 Å². The molecule has 8 heteroatoms. The highest BCUT2D eigenvalue weighted by atomic mass is 19.2. The molecule has 2 fully saturated rings. The number of carbonyl (C=O) groups is 2. The van der Waals surface area contributed by atoms with Gasteiger partial charge in [-0.2, -0.15) is 0 Å². The third kappa shape index (κ3) is 4.50. The number of halogens is 3. The minimum absolute atomic E-state index is 0.0239. The Kier molecular flexibility index (Phi) is 6.50. The standard InChI is InChI=1S/C24H26F3N3O2/c1-28-18(9-17-10-20(26)21(27)12-19(17)25)11-23(31)30-8-7-16-13-29(14-22(16)30)24(32)15-5-3-2-4-6-15/h2-6,10,12,16,18,22,28H,7-9,11,13-14H2,1H3/t16-,18+,22+/m0/s1. The van der Waals surface area contributed by atoms with Crippen molar-refractivity contribution < 1.29 is 22.8 Å². The summed E-state index contributed by atoms with van der Waals surface area (Å²) in [7, 11) is 1.65. The van der Waals surface area contributed by atoms with Crippen LogP contribution in [0.1, 0.15) is 28.8 Å². The van der Waals surface area contributed by atoms with Gasteiger partial charge in [0.2, 0.25) is 5.91 Å². The van der Waals surface area contributed by atoms with E-state index in [2.05, 4.69) is 5.32 Å². The Labute approximate surface area is 185 Å². The Morgan fingerprint density at radius 3 is 2.50 bits per heavy atom. The van der Waals surface area contributed by atoms with E-state index in [1.807, 2.05) is 23.1 Å². The lowest BCUT2D eigenvalue weighted by Gasteiger charge is -2.27. The van der Waals surface area contributed by atoms with Gasteiger partial charge in [0.25, 0.3) is 5.91 Å². The quantitative estimate of drug-likeness (QED) is 0.696. The number of nitrogens with zero attached hydrogens (tertiary/aromatic N) is 2. The molecule has 0 aliphatic carbocycles. The molecule has 0 unspecified atom stereocenters. The number of likely N-dealkylation sites (tertiary alicyclic amines) is 2. The molecule has 170 valence electrons. The van der Waals surface area contributed by atoms with Gasteiger partial charge in [-0.25, -0.2) is 13.2 Å². The van der Waals surface area contributed by atoms with E-state index in [0.717, 1.165) is 12.5 Å². The van der Waals surface area contributed by atoms with Crippen molar-refractivity contribution in [2.75, 3.05) is 26.7 Å². The average molecular weight is 445 g/mol. The molecule has 2 saturated heterocycles. The van der Waals surface area contributed by atoms with Gasteiger partial charge in [0.15, 0.2) is 11.6 Å². The third-order valence-corrected chi connectivity index (χ3v) is 6.56. The molecule has 3 atom stereocenters. The van der Waals surface area contributed by atoms with Crippen LogP contribution in [-0.2, 0) is 11.2 Å². The van der Waals surface area contributed by atoms with Gasteiger partial charge >= 0.3 is 0 Å². The van der Waals surface area contributed by atoms with Crippen LogP contribution in [0.15, 0.2) is 42.5 Å². The molecule has 2 aromatic rings. The summed E-state index contributed by atoms with van der Waals surface area (Å²) < 4.78 is 40.8. The summed E-state index contributed by atoms with van der Waals surface area (Å²) in [5.74, 6) is -3.06. The number of carbonyl (C=O) groups excluding carboxylic acids is 2. The van der Waals surface area contributed by atoms with E-state index < -0.39 is 23.5 Å². The number of rotatable bonds is 6. The second-order valence-corrected chi connectivity index (χ2v) is 8.53. The molecule has 0 bridgehead atoms. The minimum Gasteiger partial charge on any atom is -0.338 e. The van der Waals surface area contributed by atoms with Gasteiger partial charge in [-0.3, -0.25) is 9.59 Å². The SMILES string of the molecule is CN[C@@H](CC(=O)N1CC[C@H]2CN(C(=O)c3ccccc3)C[C@H]21)Cc1cc(F)c(F)cc1F. The van der Waals surface area contributed by atoms with Gasteiger partial charge in [-0.15, -0.1) is 0 Å². The van der Waals surface area contributed by atoms with Crippen LogP contribution in [0.5, 0.6) is 0 Å². The molecule has 2 heterocycles. The van der Waals surface area contributed by atoms with Gasteiger partial charge in [-0.05, 0) is 43.7 Å². The van der Waals surface area contributed by atoms with Crippen LogP contribution < -0.4 is 5.32 Å². The first kappa shape index (κ1) is 22.3. The molecule has 0 saturated carbocycles. The van der Waals surface area contributed by atoms with E-state index in [-0.39, 0.29) is 42.2 Å². The predicted octanol–water partition coefficient (Wildman–Crippen LogP) is 3.00.